The number of para-hydroxylation sites is 1. The summed E-state index contributed by atoms with van der Waals surface area (Å²) in [5, 5.41) is 4.17. The van der Waals surface area contributed by atoms with Crippen LogP contribution in [0.5, 0.6) is 0 Å². The number of ether oxygens (including phenoxy) is 1. The van der Waals surface area contributed by atoms with Crippen LogP contribution in [0.15, 0.2) is 30.3 Å². The van der Waals surface area contributed by atoms with Crippen LogP contribution in [0.1, 0.15) is 38.3 Å². The predicted octanol–water partition coefficient (Wildman–Crippen LogP) is 2.82. The van der Waals surface area contributed by atoms with Gasteiger partial charge in [-0.15, -0.1) is 0 Å². The van der Waals surface area contributed by atoms with Crippen LogP contribution in [0, 0.1) is 0 Å². The van der Waals surface area contributed by atoms with Gasteiger partial charge in [0.1, 0.15) is 0 Å². The Balaban J connectivity index is 1.30. The first-order valence-electron chi connectivity index (χ1n) is 9.33. The van der Waals surface area contributed by atoms with Crippen molar-refractivity contribution in [3.8, 4) is 0 Å². The van der Waals surface area contributed by atoms with Crippen molar-refractivity contribution >= 4 is 16.8 Å². The lowest BCUT2D eigenvalue weighted by atomic mass is 9.88. The topological polar surface area (TPSA) is 57.4 Å². The fraction of sp³-hybridized carbons (Fsp3) is 0.550. The van der Waals surface area contributed by atoms with E-state index >= 15 is 0 Å². The van der Waals surface area contributed by atoms with E-state index in [0.717, 1.165) is 45.3 Å². The number of benzene rings is 1. The van der Waals surface area contributed by atoms with E-state index in [1.54, 1.807) is 6.92 Å². The molecule has 2 aromatic rings. The van der Waals surface area contributed by atoms with Crippen molar-refractivity contribution in [3.63, 3.8) is 0 Å². The predicted molar refractivity (Wildman–Crippen MR) is 98.3 cm³/mol. The molecule has 2 aliphatic heterocycles. The summed E-state index contributed by atoms with van der Waals surface area (Å²) in [4.78, 5) is 17.1. The standard InChI is InChI=1S/C20H27N3O2/c1-15(24)21-13-18-6-7-20(25-18)8-10-23(11-9-20)14-17-12-16-4-2-3-5-19(16)22-17/h2-5,12,18,22H,6-11,13-14H2,1H3,(H,21,24)/t18-/m1/s1. The summed E-state index contributed by atoms with van der Waals surface area (Å²) in [6, 6.07) is 10.7. The fourth-order valence-electron chi connectivity index (χ4n) is 4.24. The number of aromatic nitrogens is 1. The summed E-state index contributed by atoms with van der Waals surface area (Å²) in [6.07, 6.45) is 4.54. The number of rotatable bonds is 4. The van der Waals surface area contributed by atoms with Crippen LogP contribution in [0.4, 0.5) is 0 Å². The molecule has 5 heteroatoms. The van der Waals surface area contributed by atoms with Crippen LogP contribution in [-0.2, 0) is 16.1 Å². The van der Waals surface area contributed by atoms with Crippen LogP contribution < -0.4 is 5.32 Å². The number of nitrogens with zero attached hydrogens (tertiary/aromatic N) is 1. The Morgan fingerprint density at radius 1 is 1.32 bits per heavy atom. The SMILES string of the molecule is CC(=O)NC[C@H]1CCC2(CCN(Cc3cc4ccccc4[nH]3)CC2)O1. The summed E-state index contributed by atoms with van der Waals surface area (Å²) in [5.41, 5.74) is 2.54. The maximum atomic E-state index is 11.1. The van der Waals surface area contributed by atoms with E-state index in [1.807, 2.05) is 0 Å². The number of nitrogens with one attached hydrogen (secondary N) is 2. The molecule has 1 atom stereocenters. The first kappa shape index (κ1) is 16.6. The smallest absolute Gasteiger partial charge is 0.216 e. The van der Waals surface area contributed by atoms with Gasteiger partial charge in [0, 0.05) is 44.3 Å². The molecule has 1 aromatic carbocycles. The van der Waals surface area contributed by atoms with Gasteiger partial charge >= 0.3 is 0 Å². The summed E-state index contributed by atoms with van der Waals surface area (Å²) in [7, 11) is 0. The minimum absolute atomic E-state index is 0.0257. The number of aromatic amines is 1. The summed E-state index contributed by atoms with van der Waals surface area (Å²) < 4.78 is 6.34. The van der Waals surface area contributed by atoms with Crippen molar-refractivity contribution in [2.45, 2.75) is 50.9 Å². The minimum atomic E-state index is 0.0257. The molecule has 2 N–H and O–H groups in total. The highest BCUT2D eigenvalue weighted by Crippen LogP contribution is 2.39. The van der Waals surface area contributed by atoms with E-state index in [9.17, 15) is 4.79 Å². The normalized spacial score (nSPS) is 23.3. The Bertz CT molecular complexity index is 713. The van der Waals surface area contributed by atoms with Crippen molar-refractivity contribution < 1.29 is 9.53 Å². The van der Waals surface area contributed by atoms with Crippen molar-refractivity contribution in [1.29, 1.82) is 0 Å². The van der Waals surface area contributed by atoms with E-state index in [4.69, 9.17) is 4.74 Å². The number of hydrogen-bond acceptors (Lipinski definition) is 3. The van der Waals surface area contributed by atoms with Gasteiger partial charge in [0.15, 0.2) is 0 Å². The molecular weight excluding hydrogens is 314 g/mol. The highest BCUT2D eigenvalue weighted by atomic mass is 16.5. The number of carbonyl (C=O) groups excluding carboxylic acids is 1. The third kappa shape index (κ3) is 3.72. The molecule has 3 heterocycles. The van der Waals surface area contributed by atoms with E-state index < -0.39 is 0 Å². The number of H-pyrrole nitrogens is 1. The second kappa shape index (κ2) is 6.81. The molecule has 0 radical (unpaired) electrons. The van der Waals surface area contributed by atoms with E-state index in [0.29, 0.717) is 6.54 Å². The average molecular weight is 341 g/mol. The van der Waals surface area contributed by atoms with Crippen molar-refractivity contribution in [1.82, 2.24) is 15.2 Å². The molecule has 5 nitrogen and oxygen atoms in total. The first-order chi connectivity index (χ1) is 12.1. The van der Waals surface area contributed by atoms with Crippen molar-refractivity contribution in [2.24, 2.45) is 0 Å². The Labute approximate surface area is 148 Å². The van der Waals surface area contributed by atoms with E-state index in [2.05, 4.69) is 45.5 Å². The van der Waals surface area contributed by atoms with Crippen molar-refractivity contribution in [2.75, 3.05) is 19.6 Å². The zero-order chi connectivity index (χ0) is 17.3. The molecule has 134 valence electrons. The zero-order valence-corrected chi connectivity index (χ0v) is 14.9. The average Bonchev–Trinajstić information content (AvgIpc) is 3.19. The van der Waals surface area contributed by atoms with Crippen LogP contribution in [0.3, 0.4) is 0 Å². The molecular formula is C20H27N3O2. The molecule has 4 rings (SSSR count). The molecule has 25 heavy (non-hydrogen) atoms. The second-order valence-corrected chi connectivity index (χ2v) is 7.56. The number of hydrogen-bond donors (Lipinski definition) is 2. The van der Waals surface area contributed by atoms with Gasteiger partial charge in [0.2, 0.25) is 5.91 Å². The molecule has 1 spiro atoms. The summed E-state index contributed by atoms with van der Waals surface area (Å²) in [6.45, 7) is 5.33. The van der Waals surface area contributed by atoms with Crippen molar-refractivity contribution in [3.05, 3.63) is 36.0 Å². The number of fused-ring (bicyclic) bond motifs is 1. The van der Waals surface area contributed by atoms with Gasteiger partial charge < -0.3 is 15.0 Å². The highest BCUT2D eigenvalue weighted by Gasteiger charge is 2.42. The molecule has 0 aliphatic carbocycles. The maximum Gasteiger partial charge on any atom is 0.216 e. The first-order valence-corrected chi connectivity index (χ1v) is 9.33. The van der Waals surface area contributed by atoms with Gasteiger partial charge in [0.05, 0.1) is 11.7 Å². The minimum Gasteiger partial charge on any atom is -0.370 e. The molecule has 0 unspecified atom stereocenters. The molecule has 1 aromatic heterocycles. The second-order valence-electron chi connectivity index (χ2n) is 7.56. The fourth-order valence-corrected chi connectivity index (χ4v) is 4.24. The van der Waals surface area contributed by atoms with Crippen LogP contribution in [0.25, 0.3) is 10.9 Å². The molecule has 2 saturated heterocycles. The zero-order valence-electron chi connectivity index (χ0n) is 14.9. The van der Waals surface area contributed by atoms with Gasteiger partial charge in [-0.05, 0) is 43.2 Å². The molecule has 1 amide bonds. The van der Waals surface area contributed by atoms with Gasteiger partial charge in [-0.25, -0.2) is 0 Å². The highest BCUT2D eigenvalue weighted by molar-refractivity contribution is 5.80. The Morgan fingerprint density at radius 2 is 2.12 bits per heavy atom. The van der Waals surface area contributed by atoms with Crippen LogP contribution in [0.2, 0.25) is 0 Å². The van der Waals surface area contributed by atoms with Gasteiger partial charge in [-0.1, -0.05) is 18.2 Å². The number of amides is 1. The maximum absolute atomic E-state index is 11.1. The Hall–Kier alpha value is -1.85. The molecule has 0 saturated carbocycles. The van der Waals surface area contributed by atoms with Gasteiger partial charge in [0.25, 0.3) is 0 Å². The third-order valence-electron chi connectivity index (χ3n) is 5.66. The lowest BCUT2D eigenvalue weighted by molar-refractivity contribution is -0.120. The number of piperidine rings is 1. The lowest BCUT2D eigenvalue weighted by Crippen LogP contribution is -2.44. The van der Waals surface area contributed by atoms with Gasteiger partial charge in [-0.3, -0.25) is 9.69 Å². The lowest BCUT2D eigenvalue weighted by Gasteiger charge is -2.39. The third-order valence-corrected chi connectivity index (χ3v) is 5.66. The quantitative estimate of drug-likeness (QED) is 0.899. The largest absolute Gasteiger partial charge is 0.370 e. The molecule has 2 aliphatic rings. The monoisotopic (exact) mass is 341 g/mol. The molecule has 0 bridgehead atoms. The Morgan fingerprint density at radius 3 is 2.88 bits per heavy atom. The van der Waals surface area contributed by atoms with Crippen LogP contribution in [-0.4, -0.2) is 47.1 Å². The Kier molecular flexibility index (Phi) is 4.52. The van der Waals surface area contributed by atoms with E-state index in [1.165, 1.54) is 16.6 Å². The van der Waals surface area contributed by atoms with E-state index in [-0.39, 0.29) is 17.6 Å². The summed E-state index contributed by atoms with van der Waals surface area (Å²) in [5.74, 6) is 0.0257. The van der Waals surface area contributed by atoms with Crippen LogP contribution >= 0.6 is 0 Å². The number of likely N-dealkylation sites (tertiary alicyclic amines) is 1. The van der Waals surface area contributed by atoms with Gasteiger partial charge in [-0.2, -0.15) is 0 Å². The number of carbonyl (C=O) groups is 1. The molecule has 2 fully saturated rings. The summed E-state index contributed by atoms with van der Waals surface area (Å²) >= 11 is 0.